The first-order valence-corrected chi connectivity index (χ1v) is 23.6. The molecular weight excluding hydrogens is 755 g/mol. The lowest BCUT2D eigenvalue weighted by Crippen LogP contribution is -2.44. The largest absolute Gasteiger partial charge is 0.545 e. The lowest BCUT2D eigenvalue weighted by atomic mass is 10.1. The highest BCUT2D eigenvalue weighted by Gasteiger charge is 2.21. The molecule has 0 aliphatic rings. The van der Waals surface area contributed by atoms with Gasteiger partial charge in [-0.1, -0.05) is 151 Å². The Morgan fingerprint density at radius 3 is 1.42 bits per heavy atom. The number of unbranched alkanes of at least 4 members (excludes halogenated alkanes) is 15. The number of rotatable bonds is 42. The van der Waals surface area contributed by atoms with E-state index in [0.29, 0.717) is 17.4 Å². The Morgan fingerprint density at radius 2 is 0.950 bits per heavy atom. The van der Waals surface area contributed by atoms with Crippen LogP contribution in [0.4, 0.5) is 0 Å². The van der Waals surface area contributed by atoms with Gasteiger partial charge in [0.25, 0.3) is 0 Å². The van der Waals surface area contributed by atoms with Gasteiger partial charge in [0, 0.05) is 12.8 Å². The molecule has 0 aliphatic heterocycles. The molecule has 0 saturated heterocycles. The van der Waals surface area contributed by atoms with Gasteiger partial charge >= 0.3 is 11.9 Å². The summed E-state index contributed by atoms with van der Waals surface area (Å²) < 4.78 is 22.5. The molecule has 0 saturated carbocycles. The molecule has 0 heterocycles. The van der Waals surface area contributed by atoms with E-state index in [1.54, 1.807) is 0 Å². The van der Waals surface area contributed by atoms with E-state index in [1.807, 2.05) is 21.1 Å². The number of hydrogen-bond acceptors (Lipinski definition) is 8. The van der Waals surface area contributed by atoms with E-state index >= 15 is 0 Å². The van der Waals surface area contributed by atoms with Crippen LogP contribution in [0.25, 0.3) is 0 Å². The molecule has 0 aliphatic carbocycles. The Labute approximate surface area is 367 Å². The molecule has 0 aromatic rings. The predicted octanol–water partition coefficient (Wildman–Crippen LogP) is 11.4. The fraction of sp³-hybridized carbons (Fsp3) is 0.706. The second kappa shape index (κ2) is 42.4. The van der Waals surface area contributed by atoms with Gasteiger partial charge in [0.2, 0.25) is 0 Å². The smallest absolute Gasteiger partial charge is 0.306 e. The van der Waals surface area contributed by atoms with E-state index in [1.165, 1.54) is 51.4 Å². The molecule has 0 rings (SSSR count). The van der Waals surface area contributed by atoms with Crippen molar-refractivity contribution in [2.75, 3.05) is 47.5 Å². The number of quaternary nitrogens is 1. The van der Waals surface area contributed by atoms with Crippen molar-refractivity contribution < 1.29 is 42.9 Å². The van der Waals surface area contributed by atoms with Gasteiger partial charge < -0.3 is 33.3 Å². The topological polar surface area (TPSA) is 111 Å². The molecule has 0 N–H and O–H groups in total. The van der Waals surface area contributed by atoms with E-state index in [0.717, 1.165) is 89.9 Å². The average Bonchev–Trinajstić information content (AvgIpc) is 3.21. The predicted molar refractivity (Wildman–Crippen MR) is 246 cm³/mol. The molecule has 9 nitrogen and oxygen atoms in total. The van der Waals surface area contributed by atoms with Crippen molar-refractivity contribution in [3.8, 4) is 0 Å². The third-order valence-corrected chi connectivity index (χ3v) is 9.69. The number of likely N-dealkylation sites (N-methyl/N-ethyl adjacent to an activating group) is 1. The molecule has 0 radical (unpaired) electrons. The summed E-state index contributed by atoms with van der Waals surface area (Å²) in [5.74, 6) is -2.34. The SMILES string of the molecule is CC/C=C\C/C=C\C/C=C\C/C=C\CCCCCCC(=O)OC(COC(=O)CCCCCCCCC/C=C\C/C=C\CCCCCC)COC(OCC[N+](C)(C)C)C(=O)[O-]. The summed E-state index contributed by atoms with van der Waals surface area (Å²) >= 11 is 0. The van der Waals surface area contributed by atoms with Crippen molar-refractivity contribution in [3.05, 3.63) is 72.9 Å². The normalized spacial score (nSPS) is 13.6. The highest BCUT2D eigenvalue weighted by atomic mass is 16.7. The van der Waals surface area contributed by atoms with Crippen molar-refractivity contribution in [1.82, 2.24) is 0 Å². The minimum Gasteiger partial charge on any atom is -0.545 e. The first-order valence-electron chi connectivity index (χ1n) is 23.6. The number of carboxylic acids is 1. The molecule has 2 atom stereocenters. The van der Waals surface area contributed by atoms with E-state index in [4.69, 9.17) is 18.9 Å². The van der Waals surface area contributed by atoms with Crippen LogP contribution in [0.5, 0.6) is 0 Å². The average molecular weight is 842 g/mol. The lowest BCUT2D eigenvalue weighted by Gasteiger charge is -2.26. The number of aliphatic carboxylic acids is 1. The molecule has 344 valence electrons. The maximum atomic E-state index is 12.8. The molecular formula is C51H87NO8. The first-order chi connectivity index (χ1) is 29.1. The summed E-state index contributed by atoms with van der Waals surface area (Å²) in [5.41, 5.74) is 0. The van der Waals surface area contributed by atoms with Gasteiger partial charge in [-0.15, -0.1) is 0 Å². The molecule has 0 amide bonds. The highest BCUT2D eigenvalue weighted by Crippen LogP contribution is 2.13. The summed E-state index contributed by atoms with van der Waals surface area (Å²) in [5, 5.41) is 11.7. The molecule has 0 aromatic heterocycles. The lowest BCUT2D eigenvalue weighted by molar-refractivity contribution is -0.870. The number of carbonyl (C=O) groups excluding carboxylic acids is 3. The van der Waals surface area contributed by atoms with Crippen LogP contribution in [0.1, 0.15) is 174 Å². The Bertz CT molecular complexity index is 1210. The van der Waals surface area contributed by atoms with Crippen LogP contribution in [-0.4, -0.2) is 82.3 Å². The molecule has 0 aromatic carbocycles. The molecule has 0 fully saturated rings. The Hall–Kier alpha value is -3.27. The van der Waals surface area contributed by atoms with Crippen LogP contribution in [0.3, 0.4) is 0 Å². The molecule has 9 heteroatoms. The van der Waals surface area contributed by atoms with E-state index in [9.17, 15) is 19.5 Å². The zero-order valence-corrected chi connectivity index (χ0v) is 38.8. The van der Waals surface area contributed by atoms with Crippen LogP contribution in [0.2, 0.25) is 0 Å². The number of allylic oxidation sites excluding steroid dienone is 12. The van der Waals surface area contributed by atoms with Gasteiger partial charge in [-0.25, -0.2) is 0 Å². The zero-order chi connectivity index (χ0) is 44.2. The zero-order valence-electron chi connectivity index (χ0n) is 38.8. The maximum absolute atomic E-state index is 12.8. The Morgan fingerprint density at radius 1 is 0.517 bits per heavy atom. The summed E-state index contributed by atoms with van der Waals surface area (Å²) in [4.78, 5) is 37.0. The summed E-state index contributed by atoms with van der Waals surface area (Å²) in [6, 6.07) is 0. The van der Waals surface area contributed by atoms with Crippen molar-refractivity contribution in [1.29, 1.82) is 0 Å². The van der Waals surface area contributed by atoms with Gasteiger partial charge in [-0.2, -0.15) is 0 Å². The Kier molecular flexibility index (Phi) is 40.1. The van der Waals surface area contributed by atoms with Crippen molar-refractivity contribution in [3.63, 3.8) is 0 Å². The summed E-state index contributed by atoms with van der Waals surface area (Å²) in [6.07, 6.45) is 49.3. The van der Waals surface area contributed by atoms with E-state index < -0.39 is 24.3 Å². The van der Waals surface area contributed by atoms with Crippen LogP contribution in [-0.2, 0) is 33.3 Å². The second-order valence-electron chi connectivity index (χ2n) is 16.7. The van der Waals surface area contributed by atoms with Crippen LogP contribution >= 0.6 is 0 Å². The van der Waals surface area contributed by atoms with Gasteiger partial charge in [-0.3, -0.25) is 9.59 Å². The number of esters is 2. The third kappa shape index (κ3) is 42.8. The fourth-order valence-corrected chi connectivity index (χ4v) is 6.03. The molecule has 60 heavy (non-hydrogen) atoms. The Balaban J connectivity index is 4.47. The van der Waals surface area contributed by atoms with Crippen LogP contribution in [0.15, 0.2) is 72.9 Å². The van der Waals surface area contributed by atoms with Crippen molar-refractivity contribution in [2.45, 2.75) is 187 Å². The number of carboxylic acid groups (broad SMARTS) is 1. The monoisotopic (exact) mass is 842 g/mol. The minimum atomic E-state index is -1.63. The number of ether oxygens (including phenoxy) is 4. The van der Waals surface area contributed by atoms with Gasteiger partial charge in [-0.05, 0) is 83.5 Å². The molecule has 2 unspecified atom stereocenters. The summed E-state index contributed by atoms with van der Waals surface area (Å²) in [7, 11) is 5.89. The minimum absolute atomic E-state index is 0.138. The van der Waals surface area contributed by atoms with Gasteiger partial charge in [0.1, 0.15) is 13.2 Å². The van der Waals surface area contributed by atoms with Crippen molar-refractivity contribution >= 4 is 17.9 Å². The first kappa shape index (κ1) is 56.7. The van der Waals surface area contributed by atoms with Crippen LogP contribution < -0.4 is 5.11 Å². The second-order valence-corrected chi connectivity index (χ2v) is 16.7. The highest BCUT2D eigenvalue weighted by molar-refractivity contribution is 5.70. The van der Waals surface area contributed by atoms with Crippen LogP contribution in [0, 0.1) is 0 Å². The molecule has 0 bridgehead atoms. The number of hydrogen-bond donors (Lipinski definition) is 0. The van der Waals surface area contributed by atoms with E-state index in [2.05, 4.69) is 86.8 Å². The summed E-state index contributed by atoms with van der Waals surface area (Å²) in [6.45, 7) is 4.56. The third-order valence-electron chi connectivity index (χ3n) is 9.69. The van der Waals surface area contributed by atoms with E-state index in [-0.39, 0.29) is 38.6 Å². The maximum Gasteiger partial charge on any atom is 0.306 e. The fourth-order valence-electron chi connectivity index (χ4n) is 6.03. The quantitative estimate of drug-likeness (QED) is 0.0196. The standard InChI is InChI=1S/C51H87NO8/c1-6-8-10-12-14-16-18-20-22-24-26-27-29-31-33-35-37-39-41-48(53)58-45-47(46-59-51(50(55)56)57-44-43-52(3,4)5)60-49(54)42-40-38-36-34-32-30-28-25-23-21-19-17-15-13-11-9-7-2/h9,11,15-18,21-24,28,30,47,51H,6-8,10,12-14,19-20,25-27,29,31-46H2,1-5H3/b11-9-,17-15-,18-16-,23-21-,24-22-,30-28-. The number of carbonyl (C=O) groups is 3. The van der Waals surface area contributed by atoms with Gasteiger partial charge in [0.05, 0.1) is 40.3 Å². The molecule has 0 spiro atoms. The number of nitrogens with zero attached hydrogens (tertiary/aromatic N) is 1. The van der Waals surface area contributed by atoms with Crippen molar-refractivity contribution in [2.24, 2.45) is 0 Å². The van der Waals surface area contributed by atoms with Gasteiger partial charge in [0.15, 0.2) is 12.4 Å².